The van der Waals surface area contributed by atoms with E-state index in [2.05, 4.69) is 27.3 Å². The summed E-state index contributed by atoms with van der Waals surface area (Å²) in [6.45, 7) is 3.05. The summed E-state index contributed by atoms with van der Waals surface area (Å²) in [6.07, 6.45) is 8.33. The number of carboxylic acid groups (broad SMARTS) is 1. The number of aromatic carboxylic acids is 1. The van der Waals surface area contributed by atoms with Gasteiger partial charge in [0.05, 0.1) is 11.6 Å². The third-order valence-electron chi connectivity index (χ3n) is 7.82. The Bertz CT molecular complexity index is 1280. The highest BCUT2D eigenvalue weighted by molar-refractivity contribution is 6.31. The second kappa shape index (κ2) is 11.9. The Hall–Kier alpha value is -3.58. The number of amides is 2. The molecule has 1 atom stereocenters. The molecule has 0 bridgehead atoms. The topological polar surface area (TPSA) is 85.8 Å². The molecule has 5 rings (SSSR count). The van der Waals surface area contributed by atoms with E-state index in [-0.39, 0.29) is 17.6 Å². The predicted octanol–water partition coefficient (Wildman–Crippen LogP) is 5.94. The van der Waals surface area contributed by atoms with Crippen molar-refractivity contribution < 1.29 is 14.7 Å². The van der Waals surface area contributed by atoms with Gasteiger partial charge in [-0.3, -0.25) is 4.98 Å². The Balaban J connectivity index is 1.24. The van der Waals surface area contributed by atoms with Crippen molar-refractivity contribution in [3.8, 4) is 0 Å². The maximum atomic E-state index is 13.6. The van der Waals surface area contributed by atoms with Crippen LogP contribution in [0.15, 0.2) is 67.0 Å². The van der Waals surface area contributed by atoms with Gasteiger partial charge in [-0.25, -0.2) is 9.59 Å². The van der Waals surface area contributed by atoms with Crippen molar-refractivity contribution in [3.05, 3.63) is 94.3 Å². The highest BCUT2D eigenvalue weighted by Crippen LogP contribution is 2.32. The Morgan fingerprint density at radius 2 is 1.82 bits per heavy atom. The minimum Gasteiger partial charge on any atom is -0.478 e. The van der Waals surface area contributed by atoms with Crippen molar-refractivity contribution in [2.45, 2.75) is 44.7 Å². The van der Waals surface area contributed by atoms with Crippen LogP contribution in [0.4, 0.5) is 10.5 Å². The average molecular weight is 533 g/mol. The number of benzene rings is 2. The number of hydrogen-bond donors (Lipinski definition) is 2. The average Bonchev–Trinajstić information content (AvgIpc) is 3.34. The van der Waals surface area contributed by atoms with Gasteiger partial charge in [0, 0.05) is 49.3 Å². The smallest absolute Gasteiger partial charge is 0.335 e. The number of aromatic nitrogens is 1. The molecule has 1 saturated heterocycles. The second-order valence-electron chi connectivity index (χ2n) is 10.2. The lowest BCUT2D eigenvalue weighted by Gasteiger charge is -2.34. The van der Waals surface area contributed by atoms with Crippen LogP contribution in [-0.4, -0.2) is 46.6 Å². The third kappa shape index (κ3) is 6.10. The number of aryl methyl sites for hydroxylation is 1. The van der Waals surface area contributed by atoms with Gasteiger partial charge in [0.25, 0.3) is 0 Å². The van der Waals surface area contributed by atoms with Crippen molar-refractivity contribution in [2.75, 3.05) is 24.5 Å². The molecule has 2 heterocycles. The highest BCUT2D eigenvalue weighted by atomic mass is 35.5. The van der Waals surface area contributed by atoms with Crippen LogP contribution < -0.4 is 10.2 Å². The number of urea groups is 1. The van der Waals surface area contributed by atoms with Gasteiger partial charge in [-0.2, -0.15) is 0 Å². The number of carbonyl (C=O) groups excluding carboxylic acids is 1. The molecule has 1 aliphatic heterocycles. The molecule has 0 spiro atoms. The van der Waals surface area contributed by atoms with E-state index in [9.17, 15) is 14.7 Å². The monoisotopic (exact) mass is 532 g/mol. The molecule has 2 N–H and O–H groups in total. The minimum absolute atomic E-state index is 0.141. The molecular formula is C30H33ClN4O3. The number of fused-ring (bicyclic) bond motifs is 1. The largest absolute Gasteiger partial charge is 0.478 e. The first-order chi connectivity index (χ1) is 18.5. The Labute approximate surface area is 228 Å². The molecule has 198 valence electrons. The zero-order chi connectivity index (χ0) is 26.5. The number of carboxylic acids is 1. The van der Waals surface area contributed by atoms with Crippen LogP contribution in [0.25, 0.3) is 0 Å². The van der Waals surface area contributed by atoms with Gasteiger partial charge in [0.15, 0.2) is 0 Å². The van der Waals surface area contributed by atoms with Crippen LogP contribution in [0.5, 0.6) is 0 Å². The number of nitrogens with zero attached hydrogens (tertiary/aromatic N) is 3. The molecule has 1 unspecified atom stereocenters. The van der Waals surface area contributed by atoms with Crippen molar-refractivity contribution in [1.82, 2.24) is 15.2 Å². The second-order valence-corrected chi connectivity index (χ2v) is 10.6. The van der Waals surface area contributed by atoms with E-state index in [4.69, 9.17) is 11.6 Å². The van der Waals surface area contributed by atoms with E-state index < -0.39 is 5.97 Å². The fourth-order valence-corrected chi connectivity index (χ4v) is 5.78. The standard InChI is InChI=1S/C30H33ClN4O3/c31-27-4-2-1-3-24(27)20-35(18-13-21-11-16-34(17-12-21)25-9-14-32-15-10-25)30(38)33-28-8-7-22-5-6-23(29(36)37)19-26(22)28/h1-6,9-10,14-15,19,21,28H,7-8,11-13,16-18,20H2,(H,33,38)(H,36,37). The number of hydrogen-bond acceptors (Lipinski definition) is 4. The number of pyridine rings is 1. The highest BCUT2D eigenvalue weighted by Gasteiger charge is 2.28. The summed E-state index contributed by atoms with van der Waals surface area (Å²) < 4.78 is 0. The third-order valence-corrected chi connectivity index (χ3v) is 8.19. The summed E-state index contributed by atoms with van der Waals surface area (Å²) >= 11 is 6.46. The lowest BCUT2D eigenvalue weighted by atomic mass is 9.93. The van der Waals surface area contributed by atoms with Gasteiger partial charge in [-0.05, 0) is 85.0 Å². The summed E-state index contributed by atoms with van der Waals surface area (Å²) in [7, 11) is 0. The minimum atomic E-state index is -0.958. The summed E-state index contributed by atoms with van der Waals surface area (Å²) in [5.74, 6) is -0.417. The molecule has 3 aromatic rings. The Morgan fingerprint density at radius 3 is 2.55 bits per heavy atom. The predicted molar refractivity (Wildman–Crippen MR) is 149 cm³/mol. The van der Waals surface area contributed by atoms with E-state index in [0.29, 0.717) is 24.0 Å². The molecule has 7 nitrogen and oxygen atoms in total. The molecule has 2 aliphatic rings. The summed E-state index contributed by atoms with van der Waals surface area (Å²) in [4.78, 5) is 33.5. The number of nitrogens with one attached hydrogen (secondary N) is 1. The Kier molecular flexibility index (Phi) is 8.13. The van der Waals surface area contributed by atoms with Crippen LogP contribution in [0.3, 0.4) is 0 Å². The van der Waals surface area contributed by atoms with E-state index in [1.165, 1.54) is 5.69 Å². The van der Waals surface area contributed by atoms with E-state index in [0.717, 1.165) is 61.9 Å². The van der Waals surface area contributed by atoms with Crippen molar-refractivity contribution in [1.29, 1.82) is 0 Å². The van der Waals surface area contributed by atoms with Crippen molar-refractivity contribution >= 4 is 29.3 Å². The van der Waals surface area contributed by atoms with E-state index >= 15 is 0 Å². The zero-order valence-corrected chi connectivity index (χ0v) is 22.1. The SMILES string of the molecule is O=C(O)c1ccc2c(c1)C(NC(=O)N(CCC1CCN(c3ccncc3)CC1)Cc1ccccc1Cl)CC2. The first-order valence-corrected chi connectivity index (χ1v) is 13.7. The first kappa shape index (κ1) is 26.0. The maximum absolute atomic E-state index is 13.6. The molecule has 38 heavy (non-hydrogen) atoms. The van der Waals surface area contributed by atoms with E-state index in [1.54, 1.807) is 12.1 Å². The van der Waals surface area contributed by atoms with Gasteiger partial charge in [0.1, 0.15) is 0 Å². The lowest BCUT2D eigenvalue weighted by Crippen LogP contribution is -2.42. The van der Waals surface area contributed by atoms with Gasteiger partial charge in [0.2, 0.25) is 0 Å². The molecule has 1 aliphatic carbocycles. The zero-order valence-electron chi connectivity index (χ0n) is 21.4. The van der Waals surface area contributed by atoms with Crippen LogP contribution in [-0.2, 0) is 13.0 Å². The maximum Gasteiger partial charge on any atom is 0.335 e. The fourth-order valence-electron chi connectivity index (χ4n) is 5.58. The van der Waals surface area contributed by atoms with Crippen LogP contribution >= 0.6 is 11.6 Å². The first-order valence-electron chi connectivity index (χ1n) is 13.3. The van der Waals surface area contributed by atoms with Crippen LogP contribution in [0.2, 0.25) is 5.02 Å². The summed E-state index contributed by atoms with van der Waals surface area (Å²) in [5.41, 5.74) is 4.37. The molecule has 1 aromatic heterocycles. The molecule has 0 radical (unpaired) electrons. The number of anilines is 1. The van der Waals surface area contributed by atoms with Crippen molar-refractivity contribution in [3.63, 3.8) is 0 Å². The van der Waals surface area contributed by atoms with Gasteiger partial charge in [-0.15, -0.1) is 0 Å². The van der Waals surface area contributed by atoms with Gasteiger partial charge < -0.3 is 20.2 Å². The molecule has 0 saturated carbocycles. The Morgan fingerprint density at radius 1 is 1.05 bits per heavy atom. The van der Waals surface area contributed by atoms with E-state index in [1.807, 2.05) is 47.6 Å². The molecule has 2 aromatic carbocycles. The molecule has 8 heteroatoms. The number of rotatable bonds is 8. The van der Waals surface area contributed by atoms with Crippen LogP contribution in [0, 0.1) is 5.92 Å². The summed E-state index contributed by atoms with van der Waals surface area (Å²) in [5, 5.41) is 13.3. The van der Waals surface area contributed by atoms with Gasteiger partial charge >= 0.3 is 12.0 Å². The molecular weight excluding hydrogens is 500 g/mol. The quantitative estimate of drug-likeness (QED) is 0.375. The van der Waals surface area contributed by atoms with Crippen molar-refractivity contribution in [2.24, 2.45) is 5.92 Å². The normalized spacial score (nSPS) is 17.2. The fraction of sp³-hybridized carbons (Fsp3) is 0.367. The summed E-state index contributed by atoms with van der Waals surface area (Å²) in [6, 6.07) is 16.6. The number of carbonyl (C=O) groups is 2. The van der Waals surface area contributed by atoms with Gasteiger partial charge in [-0.1, -0.05) is 35.9 Å². The molecule has 1 fully saturated rings. The van der Waals surface area contributed by atoms with Crippen LogP contribution in [0.1, 0.15) is 58.8 Å². The molecule has 2 amide bonds. The lowest BCUT2D eigenvalue weighted by molar-refractivity contribution is 0.0696. The number of halogens is 1. The number of piperidine rings is 1.